The summed E-state index contributed by atoms with van der Waals surface area (Å²) < 4.78 is 5.73. The Bertz CT molecular complexity index is 534. The third-order valence-electron chi connectivity index (χ3n) is 4.84. The van der Waals surface area contributed by atoms with E-state index in [-0.39, 0.29) is 12.5 Å². The van der Waals surface area contributed by atoms with Gasteiger partial charge in [-0.3, -0.25) is 4.79 Å². The number of nitrogens with zero attached hydrogens (tertiary/aromatic N) is 1. The molecule has 134 valence electrons. The highest BCUT2D eigenvalue weighted by Gasteiger charge is 2.17. The number of carbonyl (C=O) groups is 1. The Morgan fingerprint density at radius 3 is 2.62 bits per heavy atom. The summed E-state index contributed by atoms with van der Waals surface area (Å²) in [4.78, 5) is 14.5. The normalized spacial score (nSPS) is 18.4. The van der Waals surface area contributed by atoms with Crippen molar-refractivity contribution >= 4 is 5.91 Å². The molecule has 1 aliphatic rings. The van der Waals surface area contributed by atoms with Crippen molar-refractivity contribution in [2.45, 2.75) is 59.4 Å². The molecule has 1 N–H and O–H groups in total. The van der Waals surface area contributed by atoms with Gasteiger partial charge in [0.05, 0.1) is 0 Å². The largest absolute Gasteiger partial charge is 0.483 e. The van der Waals surface area contributed by atoms with Gasteiger partial charge in [-0.15, -0.1) is 0 Å². The van der Waals surface area contributed by atoms with Crippen LogP contribution < -0.4 is 10.1 Å². The molecule has 0 aromatic heterocycles. The minimum Gasteiger partial charge on any atom is -0.483 e. The summed E-state index contributed by atoms with van der Waals surface area (Å²) in [5.74, 6) is 0.791. The Morgan fingerprint density at radius 1 is 1.25 bits per heavy atom. The zero-order valence-electron chi connectivity index (χ0n) is 15.7. The number of amides is 1. The van der Waals surface area contributed by atoms with Crippen LogP contribution in [-0.4, -0.2) is 43.1 Å². The lowest BCUT2D eigenvalue weighted by molar-refractivity contribution is -0.123. The second-order valence-corrected chi connectivity index (χ2v) is 7.10. The lowest BCUT2D eigenvalue weighted by Gasteiger charge is -2.33. The van der Waals surface area contributed by atoms with E-state index in [0.29, 0.717) is 6.04 Å². The van der Waals surface area contributed by atoms with E-state index in [1.54, 1.807) is 0 Å². The van der Waals surface area contributed by atoms with E-state index >= 15 is 0 Å². The molecule has 0 saturated carbocycles. The molecule has 1 atom stereocenters. The Morgan fingerprint density at radius 2 is 1.96 bits per heavy atom. The van der Waals surface area contributed by atoms with Crippen molar-refractivity contribution in [3.8, 4) is 5.75 Å². The van der Waals surface area contributed by atoms with Crippen molar-refractivity contribution in [1.29, 1.82) is 0 Å². The van der Waals surface area contributed by atoms with Crippen LogP contribution in [0.15, 0.2) is 12.1 Å². The van der Waals surface area contributed by atoms with Crippen molar-refractivity contribution in [3.05, 3.63) is 28.8 Å². The molecule has 0 unspecified atom stereocenters. The molecule has 1 heterocycles. The first-order valence-electron chi connectivity index (χ1n) is 9.18. The molecule has 0 radical (unpaired) electrons. The van der Waals surface area contributed by atoms with Crippen LogP contribution >= 0.6 is 0 Å². The van der Waals surface area contributed by atoms with Crippen molar-refractivity contribution in [2.75, 3.05) is 26.2 Å². The zero-order chi connectivity index (χ0) is 17.5. The van der Waals surface area contributed by atoms with Gasteiger partial charge in [-0.05, 0) is 64.6 Å². The Balaban J connectivity index is 1.67. The van der Waals surface area contributed by atoms with Gasteiger partial charge < -0.3 is 15.0 Å². The monoisotopic (exact) mass is 332 g/mol. The van der Waals surface area contributed by atoms with E-state index in [9.17, 15) is 4.79 Å². The maximum atomic E-state index is 12.0. The minimum absolute atomic E-state index is 0.0407. The van der Waals surface area contributed by atoms with Crippen molar-refractivity contribution in [1.82, 2.24) is 10.2 Å². The quantitative estimate of drug-likeness (QED) is 0.778. The first-order chi connectivity index (χ1) is 11.5. The van der Waals surface area contributed by atoms with Gasteiger partial charge in [-0.2, -0.15) is 0 Å². The standard InChI is InChI=1S/C20H32N2O2/c1-15-12-16(2)20(17(3)13-15)24-14-19(23)21-9-7-11-22-10-6-5-8-18(22)4/h12-13,18H,5-11,14H2,1-4H3,(H,21,23)/t18-/m0/s1. The molecule has 4 nitrogen and oxygen atoms in total. The third kappa shape index (κ3) is 5.52. The van der Waals surface area contributed by atoms with Crippen LogP contribution in [0.25, 0.3) is 0 Å². The Labute approximate surface area is 146 Å². The summed E-state index contributed by atoms with van der Waals surface area (Å²) in [6.45, 7) is 11.5. The number of hydrogen-bond acceptors (Lipinski definition) is 3. The third-order valence-corrected chi connectivity index (χ3v) is 4.84. The molecule has 0 bridgehead atoms. The fraction of sp³-hybridized carbons (Fsp3) is 0.650. The van der Waals surface area contributed by atoms with Gasteiger partial charge in [0.25, 0.3) is 5.91 Å². The minimum atomic E-state index is -0.0407. The first kappa shape index (κ1) is 18.8. The maximum Gasteiger partial charge on any atom is 0.257 e. The van der Waals surface area contributed by atoms with E-state index in [0.717, 1.165) is 36.4 Å². The number of rotatable bonds is 7. The molecular weight excluding hydrogens is 300 g/mol. The molecule has 0 aliphatic carbocycles. The first-order valence-corrected chi connectivity index (χ1v) is 9.18. The van der Waals surface area contributed by atoms with Crippen LogP contribution in [0, 0.1) is 20.8 Å². The second-order valence-electron chi connectivity index (χ2n) is 7.10. The number of carbonyl (C=O) groups excluding carboxylic acids is 1. The van der Waals surface area contributed by atoms with E-state index < -0.39 is 0 Å². The second kappa shape index (κ2) is 9.07. The molecule has 1 saturated heterocycles. The lowest BCUT2D eigenvalue weighted by atomic mass is 10.0. The zero-order valence-corrected chi connectivity index (χ0v) is 15.7. The topological polar surface area (TPSA) is 41.6 Å². The summed E-state index contributed by atoms with van der Waals surface area (Å²) in [7, 11) is 0. The summed E-state index contributed by atoms with van der Waals surface area (Å²) in [5.41, 5.74) is 3.38. The number of likely N-dealkylation sites (tertiary alicyclic amines) is 1. The average molecular weight is 332 g/mol. The van der Waals surface area contributed by atoms with Crippen LogP contribution in [0.3, 0.4) is 0 Å². The Kier molecular flexibility index (Phi) is 7.10. The highest BCUT2D eigenvalue weighted by Crippen LogP contribution is 2.24. The molecule has 1 aromatic rings. The van der Waals surface area contributed by atoms with Gasteiger partial charge in [-0.1, -0.05) is 24.1 Å². The summed E-state index contributed by atoms with van der Waals surface area (Å²) in [6, 6.07) is 4.85. The number of piperidine rings is 1. The van der Waals surface area contributed by atoms with E-state index in [4.69, 9.17) is 4.74 Å². The molecule has 0 spiro atoms. The molecule has 1 fully saturated rings. The van der Waals surface area contributed by atoms with E-state index in [1.165, 1.54) is 31.4 Å². The van der Waals surface area contributed by atoms with Crippen LogP contribution in [0.5, 0.6) is 5.75 Å². The van der Waals surface area contributed by atoms with Gasteiger partial charge in [0.2, 0.25) is 0 Å². The van der Waals surface area contributed by atoms with Crippen molar-refractivity contribution in [2.24, 2.45) is 0 Å². The summed E-state index contributed by atoms with van der Waals surface area (Å²) in [6.07, 6.45) is 4.96. The van der Waals surface area contributed by atoms with Crippen LogP contribution in [0.4, 0.5) is 0 Å². The summed E-state index contributed by atoms with van der Waals surface area (Å²) >= 11 is 0. The van der Waals surface area contributed by atoms with Gasteiger partial charge in [-0.25, -0.2) is 0 Å². The average Bonchev–Trinajstić information content (AvgIpc) is 2.52. The van der Waals surface area contributed by atoms with Gasteiger partial charge >= 0.3 is 0 Å². The SMILES string of the molecule is Cc1cc(C)c(OCC(=O)NCCCN2CCCC[C@@H]2C)c(C)c1. The fourth-order valence-electron chi connectivity index (χ4n) is 3.58. The molecule has 1 aromatic carbocycles. The van der Waals surface area contributed by atoms with Crippen molar-refractivity contribution < 1.29 is 9.53 Å². The van der Waals surface area contributed by atoms with Crippen LogP contribution in [0.1, 0.15) is 49.3 Å². The number of ether oxygens (including phenoxy) is 1. The van der Waals surface area contributed by atoms with Gasteiger partial charge in [0.1, 0.15) is 5.75 Å². The number of aryl methyl sites for hydroxylation is 3. The maximum absolute atomic E-state index is 12.0. The predicted octanol–water partition coefficient (Wildman–Crippen LogP) is 3.37. The van der Waals surface area contributed by atoms with Gasteiger partial charge in [0, 0.05) is 19.1 Å². The molecule has 24 heavy (non-hydrogen) atoms. The summed E-state index contributed by atoms with van der Waals surface area (Å²) in [5, 5.41) is 2.97. The fourth-order valence-corrected chi connectivity index (χ4v) is 3.58. The molecule has 4 heteroatoms. The smallest absolute Gasteiger partial charge is 0.257 e. The lowest BCUT2D eigenvalue weighted by Crippen LogP contribution is -2.39. The highest BCUT2D eigenvalue weighted by atomic mass is 16.5. The van der Waals surface area contributed by atoms with E-state index in [1.807, 2.05) is 13.8 Å². The van der Waals surface area contributed by atoms with E-state index in [2.05, 4.69) is 36.2 Å². The predicted molar refractivity (Wildman–Crippen MR) is 98.7 cm³/mol. The van der Waals surface area contributed by atoms with Crippen LogP contribution in [-0.2, 0) is 4.79 Å². The highest BCUT2D eigenvalue weighted by molar-refractivity contribution is 5.77. The molecule has 1 amide bonds. The van der Waals surface area contributed by atoms with Crippen molar-refractivity contribution in [3.63, 3.8) is 0 Å². The molecule has 2 rings (SSSR count). The van der Waals surface area contributed by atoms with Crippen LogP contribution in [0.2, 0.25) is 0 Å². The Hall–Kier alpha value is -1.55. The number of benzene rings is 1. The van der Waals surface area contributed by atoms with Gasteiger partial charge in [0.15, 0.2) is 6.61 Å². The molecule has 1 aliphatic heterocycles. The molecular formula is C20H32N2O2. The number of hydrogen-bond donors (Lipinski definition) is 1. The number of nitrogens with one attached hydrogen (secondary N) is 1.